The van der Waals surface area contributed by atoms with Gasteiger partial charge in [-0.1, -0.05) is 0 Å². The Labute approximate surface area is 88.1 Å². The highest BCUT2D eigenvalue weighted by atomic mass is 16.7. The Hall–Kier alpha value is -0.240. The highest BCUT2D eigenvalue weighted by molar-refractivity contribution is 4.82. The van der Waals surface area contributed by atoms with E-state index < -0.39 is 30.7 Å². The number of rotatable bonds is 4. The van der Waals surface area contributed by atoms with Crippen molar-refractivity contribution in [3.63, 3.8) is 0 Å². The minimum atomic E-state index is -1.26. The van der Waals surface area contributed by atoms with E-state index in [1.54, 1.807) is 6.92 Å². The second-order valence-corrected chi connectivity index (χ2v) is 3.76. The Kier molecular flexibility index (Phi) is 4.91. The number of ether oxygens (including phenoxy) is 2. The van der Waals surface area contributed by atoms with Gasteiger partial charge in [-0.2, -0.15) is 0 Å². The van der Waals surface area contributed by atoms with E-state index in [2.05, 4.69) is 0 Å². The van der Waals surface area contributed by atoms with Crippen LogP contribution in [-0.4, -0.2) is 64.3 Å². The molecule has 1 aliphatic heterocycles. The molecule has 1 fully saturated rings. The molecule has 6 heteroatoms. The van der Waals surface area contributed by atoms with Gasteiger partial charge in [0.05, 0.1) is 19.3 Å². The van der Waals surface area contributed by atoms with Gasteiger partial charge in [-0.3, -0.25) is 0 Å². The summed E-state index contributed by atoms with van der Waals surface area (Å²) in [5.41, 5.74) is 0. The van der Waals surface area contributed by atoms with Crippen molar-refractivity contribution in [3.8, 4) is 0 Å². The molecule has 15 heavy (non-hydrogen) atoms. The first-order chi connectivity index (χ1) is 7.02. The SMILES string of the molecule is C[C@H](O)CCO[C@@H]1OC[C@@H](O)[C@H](O)[C@H]1O. The van der Waals surface area contributed by atoms with Crippen LogP contribution in [0.2, 0.25) is 0 Å². The highest BCUT2D eigenvalue weighted by Crippen LogP contribution is 2.16. The molecule has 0 aromatic carbocycles. The summed E-state index contributed by atoms with van der Waals surface area (Å²) in [4.78, 5) is 0. The zero-order chi connectivity index (χ0) is 11.4. The molecule has 0 saturated carbocycles. The molecule has 0 spiro atoms. The molecule has 6 nitrogen and oxygen atoms in total. The standard InChI is InChI=1S/C9H18O6/c1-5(10)2-3-14-9-8(13)7(12)6(11)4-15-9/h5-13H,2-4H2,1H3/t5-,6+,7-,8+,9+/m0/s1. The maximum Gasteiger partial charge on any atom is 0.186 e. The molecule has 0 aromatic rings. The maximum absolute atomic E-state index is 9.45. The lowest BCUT2D eigenvalue weighted by Gasteiger charge is -2.34. The van der Waals surface area contributed by atoms with Crippen LogP contribution in [0.4, 0.5) is 0 Å². The van der Waals surface area contributed by atoms with Gasteiger partial charge in [-0.25, -0.2) is 0 Å². The number of hydrogen-bond donors (Lipinski definition) is 4. The van der Waals surface area contributed by atoms with Crippen LogP contribution < -0.4 is 0 Å². The fraction of sp³-hybridized carbons (Fsp3) is 1.00. The lowest BCUT2D eigenvalue weighted by Crippen LogP contribution is -2.53. The third kappa shape index (κ3) is 3.67. The van der Waals surface area contributed by atoms with Crippen molar-refractivity contribution in [2.45, 2.75) is 44.1 Å². The van der Waals surface area contributed by atoms with Gasteiger partial charge in [0.1, 0.15) is 18.3 Å². The molecule has 1 aliphatic rings. The summed E-state index contributed by atoms with van der Waals surface area (Å²) in [5, 5.41) is 36.9. The molecule has 0 aliphatic carbocycles. The van der Waals surface area contributed by atoms with Gasteiger partial charge in [-0.15, -0.1) is 0 Å². The molecule has 1 heterocycles. The molecule has 0 radical (unpaired) electrons. The normalized spacial score (nSPS) is 39.0. The van der Waals surface area contributed by atoms with Crippen molar-refractivity contribution >= 4 is 0 Å². The molecule has 1 rings (SSSR count). The largest absolute Gasteiger partial charge is 0.393 e. The van der Waals surface area contributed by atoms with E-state index in [-0.39, 0.29) is 13.2 Å². The van der Waals surface area contributed by atoms with E-state index in [1.807, 2.05) is 0 Å². The molecular formula is C9H18O6. The monoisotopic (exact) mass is 222 g/mol. The van der Waals surface area contributed by atoms with Gasteiger partial charge in [0.2, 0.25) is 0 Å². The third-order valence-electron chi connectivity index (χ3n) is 2.27. The summed E-state index contributed by atoms with van der Waals surface area (Å²) in [7, 11) is 0. The van der Waals surface area contributed by atoms with E-state index in [1.165, 1.54) is 0 Å². The summed E-state index contributed by atoms with van der Waals surface area (Å²) in [6.45, 7) is 1.78. The summed E-state index contributed by atoms with van der Waals surface area (Å²) in [5.74, 6) is 0. The van der Waals surface area contributed by atoms with E-state index in [4.69, 9.17) is 19.7 Å². The average molecular weight is 222 g/mol. The molecule has 5 atom stereocenters. The lowest BCUT2D eigenvalue weighted by molar-refractivity contribution is -0.270. The number of hydrogen-bond acceptors (Lipinski definition) is 6. The zero-order valence-corrected chi connectivity index (χ0v) is 8.61. The summed E-state index contributed by atoms with van der Waals surface area (Å²) in [6.07, 6.45) is -4.61. The van der Waals surface area contributed by atoms with E-state index in [0.29, 0.717) is 6.42 Å². The minimum absolute atomic E-state index is 0.0719. The van der Waals surface area contributed by atoms with Crippen LogP contribution in [-0.2, 0) is 9.47 Å². The van der Waals surface area contributed by atoms with Gasteiger partial charge in [-0.05, 0) is 13.3 Å². The van der Waals surface area contributed by atoms with Crippen molar-refractivity contribution in [3.05, 3.63) is 0 Å². The maximum atomic E-state index is 9.45. The van der Waals surface area contributed by atoms with E-state index >= 15 is 0 Å². The van der Waals surface area contributed by atoms with Crippen LogP contribution in [0.1, 0.15) is 13.3 Å². The molecule has 0 unspecified atom stereocenters. The van der Waals surface area contributed by atoms with Gasteiger partial charge in [0, 0.05) is 0 Å². The first kappa shape index (κ1) is 12.8. The lowest BCUT2D eigenvalue weighted by atomic mass is 10.1. The predicted octanol–water partition coefficient (Wildman–Crippen LogP) is -1.79. The van der Waals surface area contributed by atoms with Crippen LogP contribution in [0.25, 0.3) is 0 Å². The molecule has 0 amide bonds. The Balaban J connectivity index is 2.30. The third-order valence-corrected chi connectivity index (χ3v) is 2.27. The Morgan fingerprint density at radius 1 is 1.33 bits per heavy atom. The predicted molar refractivity (Wildman–Crippen MR) is 50.0 cm³/mol. The quantitative estimate of drug-likeness (QED) is 0.448. The van der Waals surface area contributed by atoms with Crippen LogP contribution in [0.3, 0.4) is 0 Å². The summed E-state index contributed by atoms with van der Waals surface area (Å²) >= 11 is 0. The Morgan fingerprint density at radius 2 is 2.00 bits per heavy atom. The van der Waals surface area contributed by atoms with Crippen LogP contribution in [0, 0.1) is 0 Å². The molecule has 90 valence electrons. The fourth-order valence-corrected chi connectivity index (χ4v) is 1.28. The number of aliphatic hydroxyl groups excluding tert-OH is 4. The van der Waals surface area contributed by atoms with Gasteiger partial charge >= 0.3 is 0 Å². The second-order valence-electron chi connectivity index (χ2n) is 3.76. The molecule has 4 N–H and O–H groups in total. The van der Waals surface area contributed by atoms with Gasteiger partial charge in [0.25, 0.3) is 0 Å². The first-order valence-electron chi connectivity index (χ1n) is 4.98. The van der Waals surface area contributed by atoms with E-state index in [9.17, 15) is 10.2 Å². The van der Waals surface area contributed by atoms with Crippen LogP contribution in [0.5, 0.6) is 0 Å². The van der Waals surface area contributed by atoms with Crippen LogP contribution in [0.15, 0.2) is 0 Å². The average Bonchev–Trinajstić information content (AvgIpc) is 2.18. The molecule has 1 saturated heterocycles. The van der Waals surface area contributed by atoms with Crippen molar-refractivity contribution in [2.24, 2.45) is 0 Å². The van der Waals surface area contributed by atoms with Gasteiger partial charge < -0.3 is 29.9 Å². The first-order valence-corrected chi connectivity index (χ1v) is 4.98. The van der Waals surface area contributed by atoms with Crippen molar-refractivity contribution < 1.29 is 29.9 Å². The number of aliphatic hydroxyl groups is 4. The van der Waals surface area contributed by atoms with Gasteiger partial charge in [0.15, 0.2) is 6.29 Å². The fourth-order valence-electron chi connectivity index (χ4n) is 1.28. The zero-order valence-electron chi connectivity index (χ0n) is 8.61. The summed E-state index contributed by atoms with van der Waals surface area (Å²) < 4.78 is 10.1. The smallest absolute Gasteiger partial charge is 0.186 e. The van der Waals surface area contributed by atoms with E-state index in [0.717, 1.165) is 0 Å². The Bertz CT molecular complexity index is 185. The second kappa shape index (κ2) is 5.74. The highest BCUT2D eigenvalue weighted by Gasteiger charge is 2.37. The molecule has 0 aromatic heterocycles. The minimum Gasteiger partial charge on any atom is -0.393 e. The van der Waals surface area contributed by atoms with Crippen molar-refractivity contribution in [1.29, 1.82) is 0 Å². The molecule has 0 bridgehead atoms. The molecular weight excluding hydrogens is 204 g/mol. The van der Waals surface area contributed by atoms with Crippen LogP contribution >= 0.6 is 0 Å². The van der Waals surface area contributed by atoms with Crippen molar-refractivity contribution in [1.82, 2.24) is 0 Å². The topological polar surface area (TPSA) is 99.4 Å². The Morgan fingerprint density at radius 3 is 2.60 bits per heavy atom. The van der Waals surface area contributed by atoms with Crippen molar-refractivity contribution in [2.75, 3.05) is 13.2 Å². The summed E-state index contributed by atoms with van der Waals surface area (Å²) in [6, 6.07) is 0.